The van der Waals surface area contributed by atoms with Crippen LogP contribution in [0.4, 0.5) is 0 Å². The molecule has 62 valence electrons. The molecule has 0 aliphatic heterocycles. The average molecular weight is 232 g/mol. The van der Waals surface area contributed by atoms with Crippen molar-refractivity contribution in [2.75, 3.05) is 5.75 Å². The molecule has 0 heterocycles. The van der Waals surface area contributed by atoms with Crippen LogP contribution < -0.4 is 0 Å². The highest BCUT2D eigenvalue weighted by Crippen LogP contribution is 2.38. The van der Waals surface area contributed by atoms with Gasteiger partial charge in [-0.2, -0.15) is 12.6 Å². The molecule has 0 rings (SSSR count). The summed E-state index contributed by atoms with van der Waals surface area (Å²) >= 11 is 18.5. The van der Waals surface area contributed by atoms with Crippen LogP contribution >= 0.6 is 62.3 Å². The fourth-order valence-corrected chi connectivity index (χ4v) is 2.01. The summed E-state index contributed by atoms with van der Waals surface area (Å²) in [7, 11) is 0. The van der Waals surface area contributed by atoms with Crippen molar-refractivity contribution < 1.29 is 0 Å². The molecular formula is C5H12S5. The molecule has 0 aromatic carbocycles. The summed E-state index contributed by atoms with van der Waals surface area (Å²) in [5, 5.41) is 0. The monoisotopic (exact) mass is 232 g/mol. The summed E-state index contributed by atoms with van der Waals surface area (Å²) in [5.74, 6) is 1.08. The van der Waals surface area contributed by atoms with E-state index in [1.165, 1.54) is 0 Å². The van der Waals surface area contributed by atoms with Crippen molar-refractivity contribution in [3.05, 3.63) is 0 Å². The van der Waals surface area contributed by atoms with Crippen molar-refractivity contribution in [1.29, 1.82) is 0 Å². The second-order valence-corrected chi connectivity index (χ2v) is 7.16. The van der Waals surface area contributed by atoms with Crippen molar-refractivity contribution in [2.24, 2.45) is 0 Å². The third-order valence-electron chi connectivity index (χ3n) is 0.811. The molecule has 0 N–H and O–H groups in total. The molecule has 10 heavy (non-hydrogen) atoms. The van der Waals surface area contributed by atoms with Gasteiger partial charge in [-0.3, -0.25) is 0 Å². The molecular weight excluding hydrogens is 220 g/mol. The van der Waals surface area contributed by atoms with Gasteiger partial charge in [0.2, 0.25) is 0 Å². The molecule has 0 saturated carbocycles. The predicted molar refractivity (Wildman–Crippen MR) is 65.2 cm³/mol. The van der Waals surface area contributed by atoms with E-state index in [9.17, 15) is 0 Å². The standard InChI is InChI=1S/C5H12S5/c1-2-3-10-4(6)5(7,8)9/h4,6-9H,2-3H2,1H3. The van der Waals surface area contributed by atoms with Gasteiger partial charge >= 0.3 is 0 Å². The van der Waals surface area contributed by atoms with Gasteiger partial charge in [-0.25, -0.2) is 0 Å². The predicted octanol–water partition coefficient (Wildman–Crippen LogP) is 2.83. The van der Waals surface area contributed by atoms with Crippen LogP contribution in [0.2, 0.25) is 0 Å². The molecule has 0 nitrogen and oxygen atoms in total. The van der Waals surface area contributed by atoms with Crippen LogP contribution in [0.3, 0.4) is 0 Å². The molecule has 0 fully saturated rings. The van der Waals surface area contributed by atoms with Crippen LogP contribution in [0.5, 0.6) is 0 Å². The van der Waals surface area contributed by atoms with Crippen LogP contribution in [0.1, 0.15) is 13.3 Å². The maximum Gasteiger partial charge on any atom is 0.119 e. The molecule has 0 aliphatic carbocycles. The number of rotatable bonds is 4. The maximum atomic E-state index is 4.28. The van der Waals surface area contributed by atoms with E-state index in [4.69, 9.17) is 0 Å². The minimum Gasteiger partial charge on any atom is -0.162 e. The van der Waals surface area contributed by atoms with Crippen molar-refractivity contribution in [3.63, 3.8) is 0 Å². The lowest BCUT2D eigenvalue weighted by atomic mass is 10.6. The van der Waals surface area contributed by atoms with E-state index in [1.807, 2.05) is 0 Å². The molecule has 0 aliphatic rings. The van der Waals surface area contributed by atoms with Crippen LogP contribution in [0, 0.1) is 0 Å². The van der Waals surface area contributed by atoms with Crippen molar-refractivity contribution in [1.82, 2.24) is 0 Å². The maximum absolute atomic E-state index is 4.28. The van der Waals surface area contributed by atoms with E-state index in [1.54, 1.807) is 11.8 Å². The highest BCUT2D eigenvalue weighted by molar-refractivity contribution is 8.22. The van der Waals surface area contributed by atoms with E-state index in [-0.39, 0.29) is 4.58 Å². The first-order valence-electron chi connectivity index (χ1n) is 2.95. The Hall–Kier alpha value is 1.75. The SMILES string of the molecule is CCCSC(S)C(S)(S)S. The van der Waals surface area contributed by atoms with Gasteiger partial charge < -0.3 is 0 Å². The Morgan fingerprint density at radius 1 is 1.40 bits per heavy atom. The summed E-state index contributed by atoms with van der Waals surface area (Å²) in [6, 6.07) is 0. The quantitative estimate of drug-likeness (QED) is 0.427. The fraction of sp³-hybridized carbons (Fsp3) is 1.00. The van der Waals surface area contributed by atoms with Gasteiger partial charge in [0.15, 0.2) is 0 Å². The van der Waals surface area contributed by atoms with Gasteiger partial charge in [0.25, 0.3) is 0 Å². The Bertz CT molecular complexity index is 86.5. The molecule has 0 radical (unpaired) electrons. The van der Waals surface area contributed by atoms with Gasteiger partial charge in [0.05, 0.1) is 4.58 Å². The second-order valence-electron chi connectivity index (χ2n) is 1.91. The van der Waals surface area contributed by atoms with Crippen molar-refractivity contribution >= 4 is 62.3 Å². The average Bonchev–Trinajstić information content (AvgIpc) is 1.80. The third-order valence-corrected chi connectivity index (χ3v) is 4.87. The molecule has 1 atom stereocenters. The molecule has 0 amide bonds. The summed E-state index contributed by atoms with van der Waals surface area (Å²) < 4.78 is -0.509. The zero-order chi connectivity index (χ0) is 8.20. The summed E-state index contributed by atoms with van der Waals surface area (Å²) in [6.07, 6.45) is 1.15. The number of thiol groups is 4. The largest absolute Gasteiger partial charge is 0.162 e. The molecule has 0 aromatic rings. The van der Waals surface area contributed by atoms with Crippen LogP contribution in [-0.4, -0.2) is 13.7 Å². The van der Waals surface area contributed by atoms with Gasteiger partial charge in [-0.1, -0.05) is 6.92 Å². The first kappa shape index (κ1) is 11.8. The molecule has 0 saturated heterocycles. The van der Waals surface area contributed by atoms with Gasteiger partial charge in [0, 0.05) is 0 Å². The lowest BCUT2D eigenvalue weighted by Crippen LogP contribution is -2.16. The Morgan fingerprint density at radius 3 is 2.20 bits per heavy atom. The van der Waals surface area contributed by atoms with E-state index in [0.29, 0.717) is 0 Å². The first-order valence-corrected chi connectivity index (χ1v) is 5.86. The molecule has 0 spiro atoms. The highest BCUT2D eigenvalue weighted by atomic mass is 32.2. The summed E-state index contributed by atoms with van der Waals surface area (Å²) in [4.78, 5) is 0. The van der Waals surface area contributed by atoms with Crippen molar-refractivity contribution in [3.8, 4) is 0 Å². The van der Waals surface area contributed by atoms with Crippen LogP contribution in [0.15, 0.2) is 0 Å². The number of hydrogen-bond acceptors (Lipinski definition) is 5. The highest BCUT2D eigenvalue weighted by Gasteiger charge is 2.24. The molecule has 0 aromatic heterocycles. The number of thioether (sulfide) groups is 1. The Balaban J connectivity index is 3.52. The molecule has 5 heteroatoms. The lowest BCUT2D eigenvalue weighted by Gasteiger charge is -2.22. The topological polar surface area (TPSA) is 0 Å². The van der Waals surface area contributed by atoms with E-state index in [2.05, 4.69) is 57.4 Å². The Labute approximate surface area is 88.9 Å². The smallest absolute Gasteiger partial charge is 0.119 e. The minimum atomic E-state index is -0.580. The normalized spacial score (nSPS) is 15.3. The van der Waals surface area contributed by atoms with Gasteiger partial charge in [0.1, 0.15) is 3.41 Å². The first-order chi connectivity index (χ1) is 4.48. The van der Waals surface area contributed by atoms with E-state index in [0.717, 1.165) is 12.2 Å². The lowest BCUT2D eigenvalue weighted by molar-refractivity contribution is 1.10. The number of hydrogen-bond donors (Lipinski definition) is 4. The molecule has 0 bridgehead atoms. The summed E-state index contributed by atoms with van der Waals surface area (Å²) in [6.45, 7) is 2.13. The Kier molecular flexibility index (Phi) is 6.35. The Morgan fingerprint density at radius 2 is 1.90 bits per heavy atom. The van der Waals surface area contributed by atoms with Gasteiger partial charge in [-0.05, 0) is 12.2 Å². The second kappa shape index (κ2) is 5.41. The summed E-state index contributed by atoms with van der Waals surface area (Å²) in [5.41, 5.74) is 0. The van der Waals surface area contributed by atoms with Gasteiger partial charge in [-0.15, -0.1) is 49.6 Å². The van der Waals surface area contributed by atoms with Crippen LogP contribution in [0.25, 0.3) is 0 Å². The zero-order valence-corrected chi connectivity index (χ0v) is 10.1. The minimum absolute atomic E-state index is 0.0717. The zero-order valence-electron chi connectivity index (χ0n) is 5.69. The van der Waals surface area contributed by atoms with E-state index < -0.39 is 3.41 Å². The van der Waals surface area contributed by atoms with E-state index >= 15 is 0 Å². The third kappa shape index (κ3) is 5.41. The fourth-order valence-electron chi connectivity index (χ4n) is 0.341. The molecule has 1 unspecified atom stereocenters. The van der Waals surface area contributed by atoms with Crippen LogP contribution in [-0.2, 0) is 0 Å². The van der Waals surface area contributed by atoms with Crippen molar-refractivity contribution in [2.45, 2.75) is 21.3 Å².